The van der Waals surface area contributed by atoms with Crippen LogP contribution >= 0.6 is 166 Å². The maximum atomic E-state index is 10.2. The summed E-state index contributed by atoms with van der Waals surface area (Å²) in [7, 11) is 15.9. The second kappa shape index (κ2) is 78.4. The van der Waals surface area contributed by atoms with Gasteiger partial charge in [0.15, 0.2) is 49.2 Å². The molecule has 0 atom stereocenters. The molecule has 38 heteroatoms. The van der Waals surface area contributed by atoms with Crippen LogP contribution in [0.5, 0.6) is 0 Å². The number of hydrogen-bond acceptors (Lipinski definition) is 21. The molecule has 0 bridgehead atoms. The summed E-state index contributed by atoms with van der Waals surface area (Å²) in [5.41, 5.74) is 17.4. The van der Waals surface area contributed by atoms with Crippen molar-refractivity contribution in [3.8, 4) is 11.3 Å². The largest absolute Gasteiger partial charge is 2.00 e. The van der Waals surface area contributed by atoms with Gasteiger partial charge in [0.2, 0.25) is 0 Å². The quantitative estimate of drug-likeness (QED) is 0.0103. The third-order valence-electron chi connectivity index (χ3n) is 21.3. The second-order valence-electron chi connectivity index (χ2n) is 29.0. The standard InChI is InChI=1S/C25H37N5.C14H20ClN3.C12H16Br2ClN3.C12H15BrClN3.C7H13Br.C7H14O.C5H4Br2ClN3.C5H6ClN3.C5H10O.C2H6.C2H3.CH4.BHNS.BrH.Mg/c1-8-17(9-2)20-16-29(7)25-24(20)27-21(11-4)23(28-25)19-15-26-22(14-18(19)10-3)30(12-5)13-6;1-5-9(6-2)10-8-18(4)14-12(10)16-11(7-3)13(15)17-14;1-4-8(5-2)6-7-18(3)12-10(14)16-9(13)11(15)17-12;1-4-7(5-2)8-6-17(3)12-9(8)15-10(13)11(14)16-12;1-3-7(4-2)5-6-8;1-4-7(8,5-2)6-3;1-9-5-3(7)10-2(6)4(8)11-5;1-7-5-3-8-2-4(6)9-5;1-3-5(6)4-2;2*1-2;;1-2-3;;/h14-17H,8-13H2,1-7H3;8-9H,5-7H2,1-4H3;6H,4-5,7H2,1-3H3;6-7H,4-5H2,1-3H3;5H,3-4,6H2,1-2H3;4,8H,1,5-6H2,2-3H3;1H3,(H,9,11);2-3H,1H3,(H,7,9);3-4H2,1-2H3;1-2H3;1H,2H2;1H4;3H;1H;/q;;;;;;;;;;-1;;;;+2/p-1. The third kappa shape index (κ3) is 46.4. The predicted molar refractivity (Wildman–Crippen MR) is 606 cm³/mol. The van der Waals surface area contributed by atoms with Crippen LogP contribution in [0.15, 0.2) is 113 Å². The number of hydrogen-bond donors (Lipinski definition) is 4. The molecule has 1 radical (unpaired) electrons. The molecule has 0 fully saturated rings. The van der Waals surface area contributed by atoms with Gasteiger partial charge in [0, 0.05) is 127 Å². The number of alkyl halides is 1. The fourth-order valence-electron chi connectivity index (χ4n) is 13.0. The molecule has 23 nitrogen and oxygen atoms in total. The molecular weight excluding hydrogens is 2290 g/mol. The fourth-order valence-corrected chi connectivity index (χ4v) is 16.6. The van der Waals surface area contributed by atoms with E-state index < -0.39 is 5.60 Å². The molecule has 0 saturated heterocycles. The van der Waals surface area contributed by atoms with Gasteiger partial charge in [-0.25, -0.2) is 59.8 Å². The smallest absolute Gasteiger partial charge is 1.00 e. The number of thiol groups is 1. The maximum Gasteiger partial charge on any atom is 2.00 e. The van der Waals surface area contributed by atoms with Crippen molar-refractivity contribution in [3.05, 3.63) is 175 Å². The van der Waals surface area contributed by atoms with Gasteiger partial charge in [-0.1, -0.05) is 242 Å². The zero-order valence-electron chi connectivity index (χ0n) is 84.0. The number of rotatable bonds is 31. The first-order chi connectivity index (χ1) is 62.9. The summed E-state index contributed by atoms with van der Waals surface area (Å²) in [6.45, 7) is 57.7. The number of fused-ring (bicyclic) bond motifs is 3. The normalized spacial score (nSPS) is 10.1. The van der Waals surface area contributed by atoms with Crippen LogP contribution in [0.4, 0.5) is 23.3 Å². The number of Topliss-reactive ketones (excluding diaryl/α,β-unsaturated/α-hetero) is 1. The van der Waals surface area contributed by atoms with Gasteiger partial charge in [0.1, 0.15) is 62.1 Å². The number of likely N-dealkylation sites (N-methyl/N-ethyl adjacent to an activating group) is 1. The van der Waals surface area contributed by atoms with E-state index in [-0.39, 0.29) is 47.5 Å². The molecule has 0 aliphatic carbocycles. The van der Waals surface area contributed by atoms with Crippen molar-refractivity contribution < 1.29 is 26.9 Å². The van der Waals surface area contributed by atoms with Gasteiger partial charge >= 0.3 is 47.8 Å². The van der Waals surface area contributed by atoms with E-state index in [9.17, 15) is 9.90 Å². The van der Waals surface area contributed by atoms with Gasteiger partial charge in [0.25, 0.3) is 0 Å². The number of halogens is 12. The third-order valence-corrected chi connectivity index (χ3v) is 26.4. The monoisotopic (exact) mass is 2430 g/mol. The van der Waals surface area contributed by atoms with Crippen LogP contribution in [0.2, 0.25) is 25.8 Å². The number of ketones is 1. The summed E-state index contributed by atoms with van der Waals surface area (Å²) in [6, 6.07) is 2.23. The van der Waals surface area contributed by atoms with Gasteiger partial charge in [-0.3, -0.25) is 16.4 Å². The van der Waals surface area contributed by atoms with E-state index in [2.05, 4.69) is 353 Å². The van der Waals surface area contributed by atoms with E-state index in [0.717, 1.165) is 176 Å². The number of aliphatic hydroxyl groups is 1. The molecule has 10 rings (SSSR count). The Morgan fingerprint density at radius 1 is 0.563 bits per heavy atom. The minimum atomic E-state index is -0.611. The maximum absolute atomic E-state index is 10.2. The molecule has 749 valence electrons. The summed E-state index contributed by atoms with van der Waals surface area (Å²) in [5.74, 6) is 5.04. The number of anilines is 4. The first kappa shape index (κ1) is 139. The van der Waals surface area contributed by atoms with Gasteiger partial charge in [-0.05, 0) is 219 Å². The van der Waals surface area contributed by atoms with Crippen LogP contribution in [0.25, 0.3) is 44.7 Å². The number of nitrogens with one attached hydrogen (secondary N) is 2. The number of carbonyl (C=O) groups is 1. The molecule has 0 spiro atoms. The average Bonchev–Trinajstić information content (AvgIpc) is 1.64. The summed E-state index contributed by atoms with van der Waals surface area (Å²) in [5, 5.41) is 18.0. The second-order valence-corrected chi connectivity index (χ2v) is 35.5. The number of aromatic nitrogens is 16. The molecule has 0 unspecified atom stereocenters. The van der Waals surface area contributed by atoms with Crippen molar-refractivity contribution in [2.75, 3.05) is 66.5 Å². The van der Waals surface area contributed by atoms with E-state index >= 15 is 0 Å². The van der Waals surface area contributed by atoms with Gasteiger partial charge in [-0.15, -0.1) is 6.58 Å². The number of aryl methyl sites for hydroxylation is 6. The Morgan fingerprint density at radius 2 is 0.963 bits per heavy atom. The Labute approximate surface area is 918 Å². The first-order valence-electron chi connectivity index (χ1n) is 45.3. The van der Waals surface area contributed by atoms with Gasteiger partial charge in [0.05, 0.1) is 35.1 Å². The molecule has 135 heavy (non-hydrogen) atoms. The summed E-state index contributed by atoms with van der Waals surface area (Å²) < 4.78 is 11.9. The molecule has 0 aliphatic heterocycles. The fraction of sp³-hybridized carbons (Fsp3) is 0.546. The van der Waals surface area contributed by atoms with E-state index in [1.54, 1.807) is 31.9 Å². The molecule has 10 heterocycles. The molecule has 0 saturated carbocycles. The van der Waals surface area contributed by atoms with E-state index in [0.29, 0.717) is 96.8 Å². The Bertz CT molecular complexity index is 5080. The van der Waals surface area contributed by atoms with Crippen LogP contribution in [-0.2, 0) is 45.2 Å². The SMILES string of the molecule is C.C=CC(O)(CC)CC.CC.CCC(=CCBr)CC.CCC(=CCN(C)c1nc(Cl)c(Br)nc1Br)CC.CCC(=O)CC.CCC(CC)c1cn(C)c2nc(Cl)c(Br)nc12.CCc1cc(N(CC)CC)ncc1-c1nc2c(nc1CC)c(C(CC)CC)cn2C.CCc1nc2c(C(CC)CC)cn(C)c2nc1Cl.CNc1cncc(Cl)n1.CNc1nc(Cl)c(Br)nc1Br.[B]=NS.[Br-].[CH-]=C.[Mg+2]. The average molecular weight is 2450 g/mol. The molecule has 10 aromatic heterocycles. The summed E-state index contributed by atoms with van der Waals surface area (Å²) in [4.78, 5) is 71.9. The van der Waals surface area contributed by atoms with Crippen LogP contribution in [0, 0.1) is 6.58 Å². The Balaban J connectivity index is -0.000000482. The van der Waals surface area contributed by atoms with E-state index in [1.165, 1.54) is 46.9 Å². The van der Waals surface area contributed by atoms with E-state index in [1.807, 2.05) is 82.9 Å². The number of carbonyl (C=O) groups excluding carboxylic acids is 1. The molecule has 0 amide bonds. The zero-order chi connectivity index (χ0) is 101. The minimum Gasteiger partial charge on any atom is -1.00 e. The summed E-state index contributed by atoms with van der Waals surface area (Å²) >= 11 is 52.2. The summed E-state index contributed by atoms with van der Waals surface area (Å²) in [6.07, 6.45) is 34.4. The molecule has 0 aliphatic rings. The van der Waals surface area contributed by atoms with Crippen LogP contribution in [-0.4, -0.2) is 172 Å². The Morgan fingerprint density at radius 3 is 1.31 bits per heavy atom. The van der Waals surface area contributed by atoms with Crippen LogP contribution < -0.4 is 37.4 Å². The van der Waals surface area contributed by atoms with Crippen LogP contribution in [0.1, 0.15) is 294 Å². The molecule has 0 aromatic carbocycles. The number of pyridine rings is 1. The zero-order valence-corrected chi connectivity index (χ0v) is 101. The van der Waals surface area contributed by atoms with Crippen molar-refractivity contribution in [2.24, 2.45) is 25.4 Å². The van der Waals surface area contributed by atoms with Crippen molar-refractivity contribution in [3.63, 3.8) is 0 Å². The first-order valence-corrected chi connectivity index (χ1v) is 52.7. The number of nitrogens with zero attached hydrogens (tertiary/aromatic N) is 19. The van der Waals surface area contributed by atoms with Crippen molar-refractivity contribution in [2.45, 2.75) is 285 Å². The Hall–Kier alpha value is -4.17. The molecule has 10 aromatic rings. The topological polar surface area (TPSA) is 263 Å². The molecule has 3 N–H and O–H groups in total. The number of allylic oxidation sites excluding steroid dienone is 3. The molecular formula is C97H149BBr7Cl5MgN21O2S. The van der Waals surface area contributed by atoms with Gasteiger partial charge in [-0.2, -0.15) is 0 Å². The van der Waals surface area contributed by atoms with E-state index in [4.69, 9.17) is 77.9 Å². The van der Waals surface area contributed by atoms with Crippen LogP contribution in [0.3, 0.4) is 0 Å². The van der Waals surface area contributed by atoms with Crippen molar-refractivity contribution in [1.82, 2.24) is 78.5 Å². The van der Waals surface area contributed by atoms with Gasteiger partial charge < -0.3 is 62.8 Å². The van der Waals surface area contributed by atoms with Crippen molar-refractivity contribution >= 4 is 260 Å². The van der Waals surface area contributed by atoms with Crippen molar-refractivity contribution in [1.29, 1.82) is 0 Å². The predicted octanol–water partition coefficient (Wildman–Crippen LogP) is 28.3. The minimum absolute atomic E-state index is 0. The Kier molecular flexibility index (Phi) is 80.8.